The van der Waals surface area contributed by atoms with Crippen LogP contribution in [0.4, 0.5) is 10.6 Å². The zero-order valence-corrected chi connectivity index (χ0v) is 11.3. The summed E-state index contributed by atoms with van der Waals surface area (Å²) in [5.41, 5.74) is 0.792. The molecule has 1 amide bonds. The van der Waals surface area contributed by atoms with Crippen molar-refractivity contribution < 1.29 is 14.6 Å². The molecule has 8 heteroatoms. The Morgan fingerprint density at radius 3 is 3.00 bits per heavy atom. The highest BCUT2D eigenvalue weighted by Gasteiger charge is 2.56. The van der Waals surface area contributed by atoms with E-state index < -0.39 is 0 Å². The monoisotopic (exact) mass is 289 g/mol. The lowest BCUT2D eigenvalue weighted by Gasteiger charge is -2.50. The molecule has 3 fully saturated rings. The number of ether oxygens (including phenoxy) is 1. The molecule has 0 radical (unpaired) electrons. The number of aliphatic hydroxyl groups is 1. The molecule has 110 valence electrons. The van der Waals surface area contributed by atoms with Crippen LogP contribution in [0.2, 0.25) is 0 Å². The van der Waals surface area contributed by atoms with Crippen LogP contribution in [0.15, 0.2) is 18.6 Å². The molecule has 0 spiro atoms. The van der Waals surface area contributed by atoms with Gasteiger partial charge >= 0.3 is 6.09 Å². The maximum atomic E-state index is 12.0. The molecule has 0 saturated carbocycles. The number of fused-ring (bicyclic) bond motifs is 2. The number of aromatic amines is 1. The lowest BCUT2D eigenvalue weighted by molar-refractivity contribution is 0.0349. The van der Waals surface area contributed by atoms with Crippen LogP contribution < -0.4 is 4.90 Å². The highest BCUT2D eigenvalue weighted by Crippen LogP contribution is 2.45. The van der Waals surface area contributed by atoms with Crippen molar-refractivity contribution in [3.05, 3.63) is 18.6 Å². The van der Waals surface area contributed by atoms with Gasteiger partial charge in [-0.3, -0.25) is 4.90 Å². The van der Waals surface area contributed by atoms with Crippen LogP contribution >= 0.6 is 0 Å². The Balaban J connectivity index is 1.59. The maximum absolute atomic E-state index is 12.0. The smallest absolute Gasteiger partial charge is 0.413 e. The number of hydrogen-bond donors (Lipinski definition) is 2. The summed E-state index contributed by atoms with van der Waals surface area (Å²) in [5, 5.41) is 9.69. The molecule has 2 atom stereocenters. The summed E-state index contributed by atoms with van der Waals surface area (Å²) >= 11 is 0. The number of nitrogens with zero attached hydrogens (tertiary/aromatic N) is 4. The van der Waals surface area contributed by atoms with Gasteiger partial charge in [-0.2, -0.15) is 0 Å². The van der Waals surface area contributed by atoms with E-state index in [-0.39, 0.29) is 31.6 Å². The Labute approximate surface area is 120 Å². The van der Waals surface area contributed by atoms with Crippen LogP contribution in [-0.2, 0) is 4.74 Å². The number of rotatable bonds is 3. The number of carbonyl (C=O) groups excluding carboxylic acids is 1. The van der Waals surface area contributed by atoms with Crippen LogP contribution in [0.3, 0.4) is 0 Å². The Bertz CT molecular complexity index is 675. The summed E-state index contributed by atoms with van der Waals surface area (Å²) in [5.74, 6) is 0.847. The lowest BCUT2D eigenvalue weighted by atomic mass is 10.2. The van der Waals surface area contributed by atoms with Crippen LogP contribution in [0.5, 0.6) is 0 Å². The Hall–Kier alpha value is -2.35. The van der Waals surface area contributed by atoms with Crippen molar-refractivity contribution in [1.82, 2.24) is 19.9 Å². The molecule has 3 saturated heterocycles. The first-order valence-corrected chi connectivity index (χ1v) is 6.93. The van der Waals surface area contributed by atoms with Crippen LogP contribution in [0, 0.1) is 0 Å². The van der Waals surface area contributed by atoms with Gasteiger partial charge in [-0.05, 0) is 18.9 Å². The van der Waals surface area contributed by atoms with Gasteiger partial charge in [0, 0.05) is 6.20 Å². The quantitative estimate of drug-likeness (QED) is 0.861. The normalized spacial score (nSPS) is 23.5. The van der Waals surface area contributed by atoms with Gasteiger partial charge in [0.2, 0.25) is 0 Å². The predicted molar refractivity (Wildman–Crippen MR) is 73.5 cm³/mol. The number of amides is 1. The Morgan fingerprint density at radius 2 is 2.24 bits per heavy atom. The molecule has 3 aliphatic rings. The first kappa shape index (κ1) is 12.4. The van der Waals surface area contributed by atoms with Gasteiger partial charge in [-0.25, -0.2) is 14.8 Å². The molecule has 0 aliphatic carbocycles. The molecule has 2 aromatic rings. The van der Waals surface area contributed by atoms with Crippen molar-refractivity contribution in [3.8, 4) is 0 Å². The predicted octanol–water partition coefficient (Wildman–Crippen LogP) is 0.655. The Morgan fingerprint density at radius 1 is 1.43 bits per heavy atom. The highest BCUT2D eigenvalue weighted by molar-refractivity contribution is 5.89. The highest BCUT2D eigenvalue weighted by atomic mass is 16.6. The first-order chi connectivity index (χ1) is 10.3. The molecule has 2 N–H and O–H groups in total. The molecule has 21 heavy (non-hydrogen) atoms. The third-order valence-electron chi connectivity index (χ3n) is 4.07. The minimum Gasteiger partial charge on any atom is -0.447 e. The van der Waals surface area contributed by atoms with E-state index in [1.54, 1.807) is 4.90 Å². The second-order valence-corrected chi connectivity index (χ2v) is 5.13. The average molecular weight is 289 g/mol. The summed E-state index contributed by atoms with van der Waals surface area (Å²) in [4.78, 5) is 27.4. The standard InChI is InChI=1S/C13H15N5O3/c19-5-6-21-13(20)18-9-1-2-10(18)17(9)12-8-3-4-14-11(8)15-7-16-12/h3-4,7,9-10,19H,1-2,5-6H2,(H,14,15,16). The fourth-order valence-electron chi connectivity index (χ4n) is 3.25. The van der Waals surface area contributed by atoms with E-state index in [0.717, 1.165) is 29.7 Å². The largest absolute Gasteiger partial charge is 0.447 e. The maximum Gasteiger partial charge on any atom is 0.413 e. The minimum absolute atomic E-state index is 0.0193. The number of hydrogen-bond acceptors (Lipinski definition) is 6. The summed E-state index contributed by atoms with van der Waals surface area (Å²) < 4.78 is 5.00. The lowest BCUT2D eigenvalue weighted by Crippen LogP contribution is -2.67. The SMILES string of the molecule is O=C(OCCO)N1C2CCC1N2c1ncnc2[nH]ccc12. The fraction of sp³-hybridized carbons (Fsp3) is 0.462. The van der Waals surface area contributed by atoms with Gasteiger partial charge < -0.3 is 19.7 Å². The van der Waals surface area contributed by atoms with Crippen LogP contribution in [0.25, 0.3) is 11.0 Å². The number of nitrogens with one attached hydrogen (secondary N) is 1. The summed E-state index contributed by atoms with van der Waals surface area (Å²) in [6, 6.07) is 1.94. The zero-order chi connectivity index (χ0) is 14.4. The molecule has 2 unspecified atom stereocenters. The van der Waals surface area contributed by atoms with Gasteiger partial charge in [0.25, 0.3) is 0 Å². The van der Waals surface area contributed by atoms with E-state index in [0.29, 0.717) is 0 Å². The number of anilines is 1. The van der Waals surface area contributed by atoms with Gasteiger partial charge in [-0.1, -0.05) is 0 Å². The van der Waals surface area contributed by atoms with E-state index in [1.807, 2.05) is 12.3 Å². The molecule has 2 bridgehead atoms. The molecule has 2 aromatic heterocycles. The van der Waals surface area contributed by atoms with E-state index >= 15 is 0 Å². The molecule has 3 aliphatic heterocycles. The van der Waals surface area contributed by atoms with Crippen LogP contribution in [-0.4, -0.2) is 56.6 Å². The fourth-order valence-corrected chi connectivity index (χ4v) is 3.25. The third-order valence-corrected chi connectivity index (χ3v) is 4.07. The van der Waals surface area contributed by atoms with E-state index in [1.165, 1.54) is 6.33 Å². The second-order valence-electron chi connectivity index (χ2n) is 5.13. The molecule has 5 rings (SSSR count). The molecule has 5 heterocycles. The van der Waals surface area contributed by atoms with E-state index in [9.17, 15) is 4.79 Å². The second kappa shape index (κ2) is 4.59. The number of H-pyrrole nitrogens is 1. The third kappa shape index (κ3) is 1.69. The average Bonchev–Trinajstić information content (AvgIpc) is 3.19. The summed E-state index contributed by atoms with van der Waals surface area (Å²) in [6.07, 6.45) is 4.75. The molecule has 0 aromatic carbocycles. The number of aromatic nitrogens is 3. The van der Waals surface area contributed by atoms with Crippen molar-refractivity contribution in [2.45, 2.75) is 25.2 Å². The van der Waals surface area contributed by atoms with E-state index in [2.05, 4.69) is 19.9 Å². The van der Waals surface area contributed by atoms with Crippen molar-refractivity contribution in [1.29, 1.82) is 0 Å². The van der Waals surface area contributed by atoms with Gasteiger partial charge in [0.15, 0.2) is 0 Å². The number of carbonyl (C=O) groups is 1. The molecular formula is C13H15N5O3. The minimum atomic E-state index is -0.368. The van der Waals surface area contributed by atoms with Gasteiger partial charge in [0.05, 0.1) is 12.0 Å². The van der Waals surface area contributed by atoms with Gasteiger partial charge in [-0.15, -0.1) is 0 Å². The topological polar surface area (TPSA) is 94.6 Å². The summed E-state index contributed by atoms with van der Waals surface area (Å²) in [7, 11) is 0. The van der Waals surface area contributed by atoms with Gasteiger partial charge in [0.1, 0.15) is 36.7 Å². The van der Waals surface area contributed by atoms with E-state index in [4.69, 9.17) is 9.84 Å². The van der Waals surface area contributed by atoms with Crippen molar-refractivity contribution in [2.75, 3.05) is 18.1 Å². The van der Waals surface area contributed by atoms with Crippen molar-refractivity contribution >= 4 is 22.9 Å². The zero-order valence-electron chi connectivity index (χ0n) is 11.3. The van der Waals surface area contributed by atoms with Crippen molar-refractivity contribution in [3.63, 3.8) is 0 Å². The number of aliphatic hydroxyl groups excluding tert-OH is 1. The Kier molecular flexibility index (Phi) is 2.71. The summed E-state index contributed by atoms with van der Waals surface area (Å²) in [6.45, 7) is -0.126. The van der Waals surface area contributed by atoms with Crippen molar-refractivity contribution in [2.24, 2.45) is 0 Å². The van der Waals surface area contributed by atoms with Crippen LogP contribution in [0.1, 0.15) is 12.8 Å². The molecule has 8 nitrogen and oxygen atoms in total. The molecular weight excluding hydrogens is 274 g/mol. The first-order valence-electron chi connectivity index (χ1n) is 6.93.